The van der Waals surface area contributed by atoms with Crippen molar-refractivity contribution in [1.82, 2.24) is 4.98 Å². The van der Waals surface area contributed by atoms with E-state index < -0.39 is 10.1 Å². The number of hydrogen-bond acceptors (Lipinski definition) is 4. The van der Waals surface area contributed by atoms with Gasteiger partial charge in [-0.2, -0.15) is 8.42 Å². The average molecular weight is 314 g/mol. The molecule has 3 aromatic rings. The molecule has 0 aliphatic carbocycles. The lowest BCUT2D eigenvalue weighted by Gasteiger charge is -2.13. The number of nitrogens with zero attached hydrogens (tertiary/aromatic N) is 1. The van der Waals surface area contributed by atoms with Crippen molar-refractivity contribution in [3.63, 3.8) is 0 Å². The maximum atomic E-state index is 11.6. The van der Waals surface area contributed by atoms with Crippen LogP contribution in [0.25, 0.3) is 10.9 Å². The summed E-state index contributed by atoms with van der Waals surface area (Å²) >= 11 is 0. The second kappa shape index (κ2) is 5.40. The van der Waals surface area contributed by atoms with E-state index in [1.165, 1.54) is 0 Å². The number of aryl methyl sites for hydroxylation is 1. The molecule has 1 heterocycles. The predicted molar refractivity (Wildman–Crippen MR) is 86.0 cm³/mol. The Bertz CT molecular complexity index is 935. The Kier molecular flexibility index (Phi) is 3.56. The van der Waals surface area contributed by atoms with Gasteiger partial charge in [0.15, 0.2) is 0 Å². The van der Waals surface area contributed by atoms with E-state index in [2.05, 4.69) is 10.3 Å². The molecule has 1 aromatic heterocycles. The third kappa shape index (κ3) is 2.79. The van der Waals surface area contributed by atoms with Crippen molar-refractivity contribution in [3.8, 4) is 0 Å². The molecule has 3 rings (SSSR count). The summed E-state index contributed by atoms with van der Waals surface area (Å²) in [6.45, 7) is 1.97. The number of benzene rings is 2. The molecule has 0 saturated carbocycles. The van der Waals surface area contributed by atoms with Gasteiger partial charge in [-0.05, 0) is 25.1 Å². The molecule has 0 aliphatic rings. The highest BCUT2D eigenvalue weighted by Gasteiger charge is 2.19. The summed E-state index contributed by atoms with van der Waals surface area (Å²) in [6, 6.07) is 14.7. The molecule has 5 nitrogen and oxygen atoms in total. The Hall–Kier alpha value is -2.44. The molecule has 0 fully saturated rings. The topological polar surface area (TPSA) is 79.3 Å². The lowest BCUT2D eigenvalue weighted by atomic mass is 10.1. The van der Waals surface area contributed by atoms with Gasteiger partial charge in [-0.15, -0.1) is 0 Å². The number of anilines is 2. The van der Waals surface area contributed by atoms with Crippen LogP contribution in [0.15, 0.2) is 59.6 Å². The van der Waals surface area contributed by atoms with Crippen molar-refractivity contribution < 1.29 is 13.0 Å². The number of fused-ring (bicyclic) bond motifs is 1. The summed E-state index contributed by atoms with van der Waals surface area (Å²) in [6.07, 6.45) is 1.16. The first-order chi connectivity index (χ1) is 10.4. The number of aromatic nitrogens is 1. The summed E-state index contributed by atoms with van der Waals surface area (Å²) in [7, 11) is -4.38. The molecular weight excluding hydrogens is 300 g/mol. The van der Waals surface area contributed by atoms with Crippen LogP contribution in [0.5, 0.6) is 0 Å². The molecular formula is C16H14N2O3S. The van der Waals surface area contributed by atoms with Crippen LogP contribution in [0, 0.1) is 6.92 Å². The maximum Gasteiger partial charge on any atom is 0.298 e. The predicted octanol–water partition coefficient (Wildman–Crippen LogP) is 3.53. The molecule has 0 unspecified atom stereocenters. The number of pyridine rings is 1. The van der Waals surface area contributed by atoms with Crippen LogP contribution in [0.1, 0.15) is 5.56 Å². The molecule has 6 heteroatoms. The lowest BCUT2D eigenvalue weighted by molar-refractivity contribution is 0.483. The zero-order valence-electron chi connectivity index (χ0n) is 11.8. The van der Waals surface area contributed by atoms with Gasteiger partial charge in [-0.3, -0.25) is 9.54 Å². The first kappa shape index (κ1) is 14.5. The second-order valence-corrected chi connectivity index (χ2v) is 6.37. The van der Waals surface area contributed by atoms with E-state index in [0.717, 1.165) is 17.4 Å². The van der Waals surface area contributed by atoms with Crippen molar-refractivity contribution in [2.75, 3.05) is 5.32 Å². The highest BCUT2D eigenvalue weighted by atomic mass is 32.2. The fourth-order valence-electron chi connectivity index (χ4n) is 2.23. The molecule has 22 heavy (non-hydrogen) atoms. The van der Waals surface area contributed by atoms with Crippen LogP contribution in [0.4, 0.5) is 11.4 Å². The fraction of sp³-hybridized carbons (Fsp3) is 0.0625. The van der Waals surface area contributed by atoms with Gasteiger partial charge in [0, 0.05) is 11.1 Å². The van der Waals surface area contributed by atoms with Crippen molar-refractivity contribution in [3.05, 3.63) is 60.3 Å². The summed E-state index contributed by atoms with van der Waals surface area (Å²) in [5.41, 5.74) is 2.79. The smallest absolute Gasteiger partial charge is 0.298 e. The molecule has 0 aliphatic heterocycles. The van der Waals surface area contributed by atoms with Crippen LogP contribution in [-0.4, -0.2) is 18.0 Å². The minimum atomic E-state index is -4.38. The van der Waals surface area contributed by atoms with Crippen LogP contribution in [0.2, 0.25) is 0 Å². The van der Waals surface area contributed by atoms with Gasteiger partial charge in [-0.25, -0.2) is 0 Å². The number of nitrogens with one attached hydrogen (secondary N) is 1. The van der Waals surface area contributed by atoms with Gasteiger partial charge in [0.05, 0.1) is 17.4 Å². The van der Waals surface area contributed by atoms with Crippen LogP contribution >= 0.6 is 0 Å². The van der Waals surface area contributed by atoms with Gasteiger partial charge in [0.2, 0.25) is 0 Å². The van der Waals surface area contributed by atoms with E-state index >= 15 is 0 Å². The maximum absolute atomic E-state index is 11.6. The van der Waals surface area contributed by atoms with E-state index in [4.69, 9.17) is 0 Å². The molecule has 0 radical (unpaired) electrons. The van der Waals surface area contributed by atoms with Gasteiger partial charge in [0.25, 0.3) is 10.1 Å². The van der Waals surface area contributed by atoms with E-state index in [9.17, 15) is 13.0 Å². The highest BCUT2D eigenvalue weighted by molar-refractivity contribution is 7.86. The van der Waals surface area contributed by atoms with Crippen molar-refractivity contribution in [2.24, 2.45) is 0 Å². The van der Waals surface area contributed by atoms with Crippen molar-refractivity contribution in [1.29, 1.82) is 0 Å². The van der Waals surface area contributed by atoms with Crippen molar-refractivity contribution >= 4 is 32.4 Å². The molecule has 2 aromatic carbocycles. The summed E-state index contributed by atoms with van der Waals surface area (Å²) in [5.74, 6) is 0. The molecule has 2 N–H and O–H groups in total. The Balaban J connectivity index is 2.22. The van der Waals surface area contributed by atoms with E-state index in [0.29, 0.717) is 16.6 Å². The second-order valence-electron chi connectivity index (χ2n) is 4.98. The zero-order valence-corrected chi connectivity index (χ0v) is 12.6. The first-order valence-electron chi connectivity index (χ1n) is 6.64. The van der Waals surface area contributed by atoms with Crippen LogP contribution in [0.3, 0.4) is 0 Å². The zero-order chi connectivity index (χ0) is 15.7. The first-order valence-corrected chi connectivity index (χ1v) is 8.08. The van der Waals surface area contributed by atoms with E-state index in [1.807, 2.05) is 37.3 Å². The van der Waals surface area contributed by atoms with Gasteiger partial charge < -0.3 is 5.32 Å². The largest absolute Gasteiger partial charge is 0.354 e. The number of para-hydroxylation sites is 1. The standard InChI is InChI=1S/C16H14N2O3S/c1-11-6-8-12(9-7-11)18-16-13-4-2-3-5-14(13)17-10-15(16)22(19,20)21/h2-10H,1H3,(H,17,18)(H,19,20,21). The molecule has 112 valence electrons. The molecule has 0 amide bonds. The van der Waals surface area contributed by atoms with E-state index in [1.54, 1.807) is 18.2 Å². The van der Waals surface area contributed by atoms with Gasteiger partial charge >= 0.3 is 0 Å². The Labute approximate surface area is 128 Å². The van der Waals surface area contributed by atoms with Crippen LogP contribution < -0.4 is 5.32 Å². The number of hydrogen-bond donors (Lipinski definition) is 2. The highest BCUT2D eigenvalue weighted by Crippen LogP contribution is 2.31. The molecule has 0 bridgehead atoms. The Morgan fingerprint density at radius 1 is 1.05 bits per heavy atom. The molecule has 0 saturated heterocycles. The quantitative estimate of drug-likeness (QED) is 0.723. The van der Waals surface area contributed by atoms with Gasteiger partial charge in [0.1, 0.15) is 4.90 Å². The minimum absolute atomic E-state index is 0.244. The van der Waals surface area contributed by atoms with Gasteiger partial charge in [-0.1, -0.05) is 35.9 Å². The lowest BCUT2D eigenvalue weighted by Crippen LogP contribution is -2.05. The minimum Gasteiger partial charge on any atom is -0.354 e. The summed E-state index contributed by atoms with van der Waals surface area (Å²) in [5, 5.41) is 3.69. The summed E-state index contributed by atoms with van der Waals surface area (Å²) < 4.78 is 32.7. The molecule has 0 spiro atoms. The number of rotatable bonds is 3. The Morgan fingerprint density at radius 2 is 1.73 bits per heavy atom. The van der Waals surface area contributed by atoms with E-state index in [-0.39, 0.29) is 4.90 Å². The third-order valence-corrected chi connectivity index (χ3v) is 4.20. The third-order valence-electron chi connectivity index (χ3n) is 3.34. The van der Waals surface area contributed by atoms with Crippen molar-refractivity contribution in [2.45, 2.75) is 11.8 Å². The average Bonchev–Trinajstić information content (AvgIpc) is 2.48. The molecule has 0 atom stereocenters. The fourth-order valence-corrected chi connectivity index (χ4v) is 2.83. The summed E-state index contributed by atoms with van der Waals surface area (Å²) in [4.78, 5) is 3.84. The van der Waals surface area contributed by atoms with Crippen LogP contribution in [-0.2, 0) is 10.1 Å². The SMILES string of the molecule is Cc1ccc(Nc2c(S(=O)(=O)O)cnc3ccccc23)cc1. The normalized spacial score (nSPS) is 11.5. The monoisotopic (exact) mass is 314 g/mol. The Morgan fingerprint density at radius 3 is 2.41 bits per heavy atom.